The number of carbonyl (C=O) groups is 2. The molecule has 0 spiro atoms. The van der Waals surface area contributed by atoms with Crippen LogP contribution in [0.25, 0.3) is 0 Å². The molecule has 0 saturated heterocycles. The van der Waals surface area contributed by atoms with Gasteiger partial charge in [0.05, 0.1) is 5.41 Å². The lowest BCUT2D eigenvalue weighted by atomic mass is 9.86. The van der Waals surface area contributed by atoms with Gasteiger partial charge in [0, 0.05) is 0 Å². The van der Waals surface area contributed by atoms with E-state index in [0.717, 1.165) is 64.2 Å². The SMILES string of the molecule is Cc1cc(CCCCCC(C)(C)C(=O)O)c(C)c(CCCCCC(C)(C)OC=O)c1C. The lowest BCUT2D eigenvalue weighted by Gasteiger charge is -2.22. The monoisotopic (exact) mass is 432 g/mol. The standard InChI is InChI=1S/C27H44O4/c1-20-18-23(14-10-8-12-16-26(4,5)25(29)30)22(3)24(21(20)2)15-11-9-13-17-27(6,7)31-19-28/h18-19H,8-17H2,1-7H3,(H,29,30). The fourth-order valence-electron chi connectivity index (χ4n) is 4.21. The molecule has 0 aromatic heterocycles. The highest BCUT2D eigenvalue weighted by molar-refractivity contribution is 5.73. The van der Waals surface area contributed by atoms with E-state index in [1.165, 1.54) is 27.8 Å². The second kappa shape index (κ2) is 12.3. The molecule has 0 radical (unpaired) electrons. The lowest BCUT2D eigenvalue weighted by Crippen LogP contribution is -2.23. The van der Waals surface area contributed by atoms with Crippen LogP contribution < -0.4 is 0 Å². The fourth-order valence-corrected chi connectivity index (χ4v) is 4.21. The van der Waals surface area contributed by atoms with Gasteiger partial charge in [0.2, 0.25) is 0 Å². The number of carboxylic acid groups (broad SMARTS) is 1. The van der Waals surface area contributed by atoms with Gasteiger partial charge in [-0.2, -0.15) is 0 Å². The van der Waals surface area contributed by atoms with Crippen LogP contribution >= 0.6 is 0 Å². The highest BCUT2D eigenvalue weighted by Gasteiger charge is 2.26. The van der Waals surface area contributed by atoms with Crippen LogP contribution in [0.2, 0.25) is 0 Å². The summed E-state index contributed by atoms with van der Waals surface area (Å²) in [7, 11) is 0. The number of unbranched alkanes of at least 4 members (excludes halogenated alkanes) is 4. The second-order valence-corrected chi connectivity index (χ2v) is 10.4. The van der Waals surface area contributed by atoms with Crippen molar-refractivity contribution in [3.05, 3.63) is 33.9 Å². The minimum absolute atomic E-state index is 0.371. The van der Waals surface area contributed by atoms with E-state index in [2.05, 4.69) is 26.8 Å². The van der Waals surface area contributed by atoms with Crippen molar-refractivity contribution in [2.45, 2.75) is 118 Å². The average molecular weight is 433 g/mol. The number of carbonyl (C=O) groups excluding carboxylic acids is 1. The smallest absolute Gasteiger partial charge is 0.309 e. The highest BCUT2D eigenvalue weighted by Crippen LogP contribution is 2.27. The van der Waals surface area contributed by atoms with E-state index in [4.69, 9.17) is 4.74 Å². The predicted octanol–water partition coefficient (Wildman–Crippen LogP) is 6.88. The Labute approximate surface area is 189 Å². The first kappa shape index (κ1) is 27.2. The summed E-state index contributed by atoms with van der Waals surface area (Å²) in [5.74, 6) is -0.707. The topological polar surface area (TPSA) is 63.6 Å². The normalized spacial score (nSPS) is 12.1. The molecule has 0 atom stereocenters. The quantitative estimate of drug-likeness (QED) is 0.242. The Morgan fingerprint density at radius 1 is 0.903 bits per heavy atom. The van der Waals surface area contributed by atoms with Gasteiger partial charge >= 0.3 is 5.97 Å². The Hall–Kier alpha value is -1.84. The molecule has 0 aliphatic carbocycles. The molecule has 4 nitrogen and oxygen atoms in total. The van der Waals surface area contributed by atoms with Crippen molar-refractivity contribution in [1.82, 2.24) is 0 Å². The number of aliphatic carboxylic acids is 1. The molecule has 176 valence electrons. The maximum atomic E-state index is 11.2. The number of carboxylic acids is 1. The summed E-state index contributed by atoms with van der Waals surface area (Å²) >= 11 is 0. The van der Waals surface area contributed by atoms with Crippen LogP contribution in [-0.4, -0.2) is 23.1 Å². The van der Waals surface area contributed by atoms with Crippen molar-refractivity contribution in [2.75, 3.05) is 0 Å². The summed E-state index contributed by atoms with van der Waals surface area (Å²) in [5.41, 5.74) is 6.14. The summed E-state index contributed by atoms with van der Waals surface area (Å²) < 4.78 is 5.14. The van der Waals surface area contributed by atoms with Gasteiger partial charge in [-0.25, -0.2) is 0 Å². The van der Waals surface area contributed by atoms with Gasteiger partial charge in [-0.1, -0.05) is 25.3 Å². The van der Waals surface area contributed by atoms with Crippen molar-refractivity contribution >= 4 is 12.4 Å². The van der Waals surface area contributed by atoms with Gasteiger partial charge in [0.1, 0.15) is 5.60 Å². The molecule has 0 heterocycles. The van der Waals surface area contributed by atoms with E-state index in [-0.39, 0.29) is 5.60 Å². The Morgan fingerprint density at radius 3 is 2.06 bits per heavy atom. The third kappa shape index (κ3) is 9.04. The van der Waals surface area contributed by atoms with Crippen LogP contribution in [0.4, 0.5) is 0 Å². The molecule has 0 bridgehead atoms. The van der Waals surface area contributed by atoms with Gasteiger partial charge in [-0.15, -0.1) is 0 Å². The number of rotatable bonds is 15. The van der Waals surface area contributed by atoms with Gasteiger partial charge in [-0.05, 0) is 121 Å². The lowest BCUT2D eigenvalue weighted by molar-refractivity contribution is -0.147. The van der Waals surface area contributed by atoms with Crippen LogP contribution in [0, 0.1) is 26.2 Å². The summed E-state index contributed by atoms with van der Waals surface area (Å²) in [5, 5.41) is 9.25. The zero-order valence-corrected chi connectivity index (χ0v) is 20.9. The molecular formula is C27H44O4. The van der Waals surface area contributed by atoms with E-state index in [1.807, 2.05) is 27.7 Å². The van der Waals surface area contributed by atoms with Crippen LogP contribution in [0.5, 0.6) is 0 Å². The zero-order valence-electron chi connectivity index (χ0n) is 20.9. The van der Waals surface area contributed by atoms with Crippen LogP contribution in [0.15, 0.2) is 6.07 Å². The molecular weight excluding hydrogens is 388 g/mol. The van der Waals surface area contributed by atoms with E-state index in [1.54, 1.807) is 0 Å². The van der Waals surface area contributed by atoms with Gasteiger partial charge < -0.3 is 9.84 Å². The van der Waals surface area contributed by atoms with Crippen molar-refractivity contribution < 1.29 is 19.4 Å². The number of ether oxygens (including phenoxy) is 1. The van der Waals surface area contributed by atoms with E-state index in [9.17, 15) is 14.7 Å². The average Bonchev–Trinajstić information content (AvgIpc) is 2.67. The molecule has 1 N–H and O–H groups in total. The van der Waals surface area contributed by atoms with Gasteiger partial charge in [0.15, 0.2) is 0 Å². The number of hydrogen-bond acceptors (Lipinski definition) is 3. The molecule has 1 rings (SSSR count). The molecule has 0 aliphatic rings. The van der Waals surface area contributed by atoms with Crippen LogP contribution in [0.3, 0.4) is 0 Å². The van der Waals surface area contributed by atoms with Crippen molar-refractivity contribution in [3.63, 3.8) is 0 Å². The summed E-state index contributed by atoms with van der Waals surface area (Å²) in [6.45, 7) is 14.8. The third-order valence-corrected chi connectivity index (χ3v) is 6.77. The molecule has 0 unspecified atom stereocenters. The summed E-state index contributed by atoms with van der Waals surface area (Å²) in [4.78, 5) is 21.8. The van der Waals surface area contributed by atoms with E-state index >= 15 is 0 Å². The molecule has 1 aromatic carbocycles. The summed E-state index contributed by atoms with van der Waals surface area (Å²) in [6, 6.07) is 2.34. The molecule has 0 saturated carbocycles. The Balaban J connectivity index is 2.58. The maximum absolute atomic E-state index is 11.2. The van der Waals surface area contributed by atoms with Crippen LogP contribution in [0.1, 0.15) is 107 Å². The number of hydrogen-bond donors (Lipinski definition) is 1. The molecule has 31 heavy (non-hydrogen) atoms. The second-order valence-electron chi connectivity index (χ2n) is 10.4. The first-order chi connectivity index (χ1) is 14.4. The maximum Gasteiger partial charge on any atom is 0.309 e. The zero-order chi connectivity index (χ0) is 23.7. The van der Waals surface area contributed by atoms with Crippen LogP contribution in [-0.2, 0) is 27.2 Å². The molecule has 0 aliphatic heterocycles. The Kier molecular flexibility index (Phi) is 10.8. The first-order valence-electron chi connectivity index (χ1n) is 11.8. The molecule has 4 heteroatoms. The molecule has 1 aromatic rings. The van der Waals surface area contributed by atoms with Crippen molar-refractivity contribution in [3.8, 4) is 0 Å². The third-order valence-electron chi connectivity index (χ3n) is 6.77. The van der Waals surface area contributed by atoms with Gasteiger partial charge in [-0.3, -0.25) is 9.59 Å². The number of benzene rings is 1. The first-order valence-corrected chi connectivity index (χ1v) is 11.8. The largest absolute Gasteiger partial charge is 0.481 e. The predicted molar refractivity (Wildman–Crippen MR) is 128 cm³/mol. The van der Waals surface area contributed by atoms with Crippen molar-refractivity contribution in [2.24, 2.45) is 5.41 Å². The molecule has 0 fully saturated rings. The number of aryl methyl sites for hydroxylation is 2. The minimum atomic E-state index is -0.707. The van der Waals surface area contributed by atoms with E-state index in [0.29, 0.717) is 6.47 Å². The van der Waals surface area contributed by atoms with Crippen molar-refractivity contribution in [1.29, 1.82) is 0 Å². The Morgan fingerprint density at radius 2 is 1.48 bits per heavy atom. The van der Waals surface area contributed by atoms with Gasteiger partial charge in [0.25, 0.3) is 6.47 Å². The minimum Gasteiger partial charge on any atom is -0.481 e. The highest BCUT2D eigenvalue weighted by atomic mass is 16.5. The Bertz CT molecular complexity index is 731. The fraction of sp³-hybridized carbons (Fsp3) is 0.704. The molecule has 0 amide bonds. The van der Waals surface area contributed by atoms with E-state index < -0.39 is 11.4 Å². The summed E-state index contributed by atoms with van der Waals surface area (Å²) in [6.07, 6.45) is 10.2.